The molecular formula is C29H29FIN3O5. The van der Waals surface area contributed by atoms with E-state index >= 15 is 0 Å². The Balaban J connectivity index is 1.60. The van der Waals surface area contributed by atoms with Gasteiger partial charge in [-0.25, -0.2) is 14.1 Å². The summed E-state index contributed by atoms with van der Waals surface area (Å²) in [7, 11) is 0. The number of imide groups is 1. The maximum Gasteiger partial charge on any atom is 0.325 e. The van der Waals surface area contributed by atoms with Gasteiger partial charge in [-0.15, -0.1) is 0 Å². The number of hydrogen-bond donors (Lipinski definition) is 3. The Morgan fingerprint density at radius 3 is 2.44 bits per heavy atom. The molecule has 39 heavy (non-hydrogen) atoms. The van der Waals surface area contributed by atoms with Gasteiger partial charge in [-0.05, 0) is 64.0 Å². The Kier molecular flexibility index (Phi) is 9.18. The topological polar surface area (TPSA) is 108 Å². The molecule has 0 bridgehead atoms. The molecule has 204 valence electrons. The van der Waals surface area contributed by atoms with E-state index in [4.69, 9.17) is 4.74 Å². The van der Waals surface area contributed by atoms with E-state index in [1.54, 1.807) is 49.4 Å². The van der Waals surface area contributed by atoms with Gasteiger partial charge in [0.2, 0.25) is 5.91 Å². The second-order valence-corrected chi connectivity index (χ2v) is 10.8. The Labute approximate surface area is 239 Å². The van der Waals surface area contributed by atoms with E-state index in [1.807, 2.05) is 47.7 Å². The molecule has 1 heterocycles. The minimum Gasteiger partial charge on any atom is -0.493 e. The lowest BCUT2D eigenvalue weighted by molar-refractivity contribution is -0.134. The highest BCUT2D eigenvalue weighted by atomic mass is 127. The third-order valence-corrected chi connectivity index (χ3v) is 7.24. The normalized spacial score (nSPS) is 17.4. The minimum absolute atomic E-state index is 0.00287. The van der Waals surface area contributed by atoms with Crippen molar-refractivity contribution in [2.75, 3.05) is 18.5 Å². The summed E-state index contributed by atoms with van der Waals surface area (Å²) in [5.74, 6) is -1.95. The van der Waals surface area contributed by atoms with Crippen LogP contribution in [0.1, 0.15) is 36.9 Å². The molecule has 1 saturated heterocycles. The van der Waals surface area contributed by atoms with Crippen molar-refractivity contribution in [1.82, 2.24) is 10.2 Å². The van der Waals surface area contributed by atoms with Crippen LogP contribution in [-0.4, -0.2) is 47.1 Å². The third kappa shape index (κ3) is 6.56. The van der Waals surface area contributed by atoms with E-state index in [0.29, 0.717) is 21.5 Å². The number of aliphatic hydroxyl groups excluding tert-OH is 1. The van der Waals surface area contributed by atoms with E-state index in [9.17, 15) is 23.9 Å². The summed E-state index contributed by atoms with van der Waals surface area (Å²) in [5, 5.41) is 14.4. The van der Waals surface area contributed by atoms with Crippen LogP contribution < -0.4 is 15.4 Å². The van der Waals surface area contributed by atoms with Crippen LogP contribution in [0.3, 0.4) is 0 Å². The first-order valence-corrected chi connectivity index (χ1v) is 13.6. The van der Waals surface area contributed by atoms with Crippen LogP contribution in [0.25, 0.3) is 0 Å². The average Bonchev–Trinajstić information content (AvgIpc) is 3.23. The molecule has 0 radical (unpaired) electrons. The minimum atomic E-state index is -1.24. The lowest BCUT2D eigenvalue weighted by Gasteiger charge is -2.30. The zero-order valence-electron chi connectivity index (χ0n) is 21.4. The molecular weight excluding hydrogens is 616 g/mol. The zero-order valence-corrected chi connectivity index (χ0v) is 23.6. The van der Waals surface area contributed by atoms with Crippen LogP contribution in [0, 0.1) is 15.3 Å². The summed E-state index contributed by atoms with van der Waals surface area (Å²) in [6, 6.07) is 17.2. The number of halogens is 2. The molecule has 3 aromatic carbocycles. The summed E-state index contributed by atoms with van der Waals surface area (Å²) in [4.78, 5) is 41.3. The maximum atomic E-state index is 14.6. The maximum absolute atomic E-state index is 14.6. The van der Waals surface area contributed by atoms with Gasteiger partial charge < -0.3 is 20.5 Å². The molecule has 0 saturated carbocycles. The molecule has 0 aromatic heterocycles. The van der Waals surface area contributed by atoms with E-state index < -0.39 is 41.7 Å². The largest absolute Gasteiger partial charge is 0.493 e. The number of ether oxygens (including phenoxy) is 1. The van der Waals surface area contributed by atoms with Crippen LogP contribution in [0.2, 0.25) is 0 Å². The van der Waals surface area contributed by atoms with Crippen molar-refractivity contribution in [3.05, 3.63) is 93.3 Å². The summed E-state index contributed by atoms with van der Waals surface area (Å²) in [5.41, 5.74) is 1.22. The summed E-state index contributed by atoms with van der Waals surface area (Å²) >= 11 is 1.97. The van der Waals surface area contributed by atoms with Gasteiger partial charge in [-0.3, -0.25) is 9.59 Å². The van der Waals surface area contributed by atoms with Crippen LogP contribution in [-0.2, 0) is 9.59 Å². The van der Waals surface area contributed by atoms with E-state index in [1.165, 1.54) is 12.1 Å². The monoisotopic (exact) mass is 645 g/mol. The second-order valence-electron chi connectivity index (χ2n) is 9.52. The Morgan fingerprint density at radius 1 is 1.10 bits per heavy atom. The van der Waals surface area contributed by atoms with Crippen LogP contribution >= 0.6 is 22.6 Å². The van der Waals surface area contributed by atoms with E-state index in [-0.39, 0.29) is 18.2 Å². The Bertz CT molecular complexity index is 1340. The molecule has 8 nitrogen and oxygen atoms in total. The Hall–Kier alpha value is -3.51. The molecule has 0 spiro atoms. The van der Waals surface area contributed by atoms with Crippen molar-refractivity contribution >= 4 is 46.1 Å². The molecule has 4 amide bonds. The molecule has 10 heteroatoms. The number of rotatable bonds is 10. The van der Waals surface area contributed by atoms with Gasteiger partial charge in [0.25, 0.3) is 5.91 Å². The number of carbonyl (C=O) groups is 3. The molecule has 4 rings (SSSR count). The molecule has 1 aliphatic rings. The van der Waals surface area contributed by atoms with Crippen molar-refractivity contribution in [3.8, 4) is 5.75 Å². The van der Waals surface area contributed by atoms with Gasteiger partial charge in [-0.1, -0.05) is 56.3 Å². The number of amides is 4. The molecule has 0 unspecified atom stereocenters. The van der Waals surface area contributed by atoms with Gasteiger partial charge in [0.05, 0.1) is 12.3 Å². The third-order valence-electron chi connectivity index (χ3n) is 6.57. The molecule has 3 aromatic rings. The Morgan fingerprint density at radius 2 is 1.79 bits per heavy atom. The summed E-state index contributed by atoms with van der Waals surface area (Å²) < 4.78 is 20.9. The number of hydrogen-bond acceptors (Lipinski definition) is 5. The van der Waals surface area contributed by atoms with Gasteiger partial charge in [0.15, 0.2) is 0 Å². The number of benzene rings is 3. The number of carbonyl (C=O) groups excluding carboxylic acids is 3. The molecule has 1 fully saturated rings. The summed E-state index contributed by atoms with van der Waals surface area (Å²) in [6.45, 7) is 3.93. The summed E-state index contributed by atoms with van der Waals surface area (Å²) in [6.07, 6.45) is 0. The fourth-order valence-electron chi connectivity index (χ4n) is 4.34. The number of aliphatic hydroxyl groups is 1. The standard InChI is InChI=1S/C29H29FIN3O5/c1-17(15-35)16-39-22-11-8-20(9-12-22)25-28(37)34(29(38)33-25)26(18(2)19-6-4-3-5-7-19)27(36)32-24-13-10-21(31)14-23(24)30/h3-14,17-18,25-26,35H,15-16H2,1-2H3,(H,32,36)(H,33,38)/t17-,18+,25-,26+/m1/s1. The SMILES string of the molecule is C[C@H](CO)COc1ccc([C@H]2NC(=O)N([C@H](C(=O)Nc3ccc(I)cc3F)[C@@H](C)c3ccccc3)C2=O)cc1. The quantitative estimate of drug-likeness (QED) is 0.216. The molecule has 3 N–H and O–H groups in total. The highest BCUT2D eigenvalue weighted by Crippen LogP contribution is 2.32. The first kappa shape index (κ1) is 28.5. The van der Waals surface area contributed by atoms with Gasteiger partial charge in [0, 0.05) is 22.0 Å². The fourth-order valence-corrected chi connectivity index (χ4v) is 4.79. The van der Waals surface area contributed by atoms with Crippen molar-refractivity contribution in [2.24, 2.45) is 5.92 Å². The lowest BCUT2D eigenvalue weighted by Crippen LogP contribution is -2.50. The lowest BCUT2D eigenvalue weighted by atomic mass is 9.91. The number of urea groups is 1. The highest BCUT2D eigenvalue weighted by molar-refractivity contribution is 14.1. The van der Waals surface area contributed by atoms with Gasteiger partial charge in [-0.2, -0.15) is 0 Å². The molecule has 4 atom stereocenters. The number of nitrogens with zero attached hydrogens (tertiary/aromatic N) is 1. The van der Waals surface area contributed by atoms with Crippen LogP contribution in [0.4, 0.5) is 14.9 Å². The molecule has 0 aliphatic carbocycles. The first-order chi connectivity index (χ1) is 18.7. The smallest absolute Gasteiger partial charge is 0.325 e. The van der Waals surface area contributed by atoms with E-state index in [0.717, 1.165) is 10.5 Å². The predicted molar refractivity (Wildman–Crippen MR) is 153 cm³/mol. The van der Waals surface area contributed by atoms with Gasteiger partial charge >= 0.3 is 6.03 Å². The molecule has 1 aliphatic heterocycles. The van der Waals surface area contributed by atoms with Crippen LogP contribution in [0.5, 0.6) is 5.75 Å². The van der Waals surface area contributed by atoms with E-state index in [2.05, 4.69) is 10.6 Å². The van der Waals surface area contributed by atoms with Crippen molar-refractivity contribution < 1.29 is 28.6 Å². The predicted octanol–water partition coefficient (Wildman–Crippen LogP) is 4.84. The van der Waals surface area contributed by atoms with Gasteiger partial charge in [0.1, 0.15) is 23.7 Å². The fraction of sp³-hybridized carbons (Fsp3) is 0.276. The first-order valence-electron chi connectivity index (χ1n) is 12.5. The highest BCUT2D eigenvalue weighted by Gasteiger charge is 2.47. The number of anilines is 1. The van der Waals surface area contributed by atoms with Crippen LogP contribution in [0.15, 0.2) is 72.8 Å². The number of nitrogens with one attached hydrogen (secondary N) is 2. The van der Waals surface area contributed by atoms with Crippen molar-refractivity contribution in [2.45, 2.75) is 31.8 Å². The van der Waals surface area contributed by atoms with Crippen molar-refractivity contribution in [3.63, 3.8) is 0 Å². The zero-order chi connectivity index (χ0) is 28.1. The average molecular weight is 645 g/mol. The van der Waals surface area contributed by atoms with Crippen molar-refractivity contribution in [1.29, 1.82) is 0 Å². The second kappa shape index (κ2) is 12.6.